The van der Waals surface area contributed by atoms with Crippen LogP contribution >= 0.6 is 0 Å². The zero-order valence-electron chi connectivity index (χ0n) is 14.5. The Morgan fingerprint density at radius 2 is 1.79 bits per heavy atom. The number of rotatable bonds is 3. The predicted molar refractivity (Wildman–Crippen MR) is 93.1 cm³/mol. The van der Waals surface area contributed by atoms with Crippen LogP contribution in [0.25, 0.3) is 0 Å². The number of nitrogens with zero attached hydrogens (tertiary/aromatic N) is 2. The van der Waals surface area contributed by atoms with Crippen LogP contribution in [0.4, 0.5) is 0 Å². The molecule has 5 nitrogen and oxygen atoms in total. The third-order valence-electron chi connectivity index (χ3n) is 5.60. The second kappa shape index (κ2) is 6.48. The summed E-state index contributed by atoms with van der Waals surface area (Å²) in [4.78, 5) is 15.0. The fourth-order valence-corrected chi connectivity index (χ4v) is 5.76. The highest BCUT2D eigenvalue weighted by molar-refractivity contribution is 7.89. The molecule has 2 aliphatic rings. The Morgan fingerprint density at radius 1 is 1.08 bits per heavy atom. The quantitative estimate of drug-likeness (QED) is 0.841. The van der Waals surface area contributed by atoms with Crippen molar-refractivity contribution < 1.29 is 13.2 Å². The largest absolute Gasteiger partial charge is 0.342 e. The second-order valence-corrected chi connectivity index (χ2v) is 8.84. The maximum Gasteiger partial charge on any atom is 0.243 e. The van der Waals surface area contributed by atoms with Crippen LogP contribution in [-0.2, 0) is 14.8 Å². The summed E-state index contributed by atoms with van der Waals surface area (Å²) >= 11 is 0. The van der Waals surface area contributed by atoms with Crippen molar-refractivity contribution in [1.82, 2.24) is 9.21 Å². The summed E-state index contributed by atoms with van der Waals surface area (Å²) in [6.45, 7) is 6.30. The van der Waals surface area contributed by atoms with Crippen molar-refractivity contribution in [2.45, 2.75) is 44.4 Å². The van der Waals surface area contributed by atoms with Gasteiger partial charge in [-0.1, -0.05) is 18.2 Å². The average Bonchev–Trinajstić information content (AvgIpc) is 2.74. The van der Waals surface area contributed by atoms with Crippen molar-refractivity contribution in [3.8, 4) is 0 Å². The van der Waals surface area contributed by atoms with Gasteiger partial charge < -0.3 is 4.90 Å². The molecule has 1 aromatic rings. The average molecular weight is 350 g/mol. The molecule has 1 spiro atoms. The van der Waals surface area contributed by atoms with Crippen molar-refractivity contribution in [3.05, 3.63) is 29.8 Å². The van der Waals surface area contributed by atoms with Crippen molar-refractivity contribution in [2.24, 2.45) is 5.41 Å². The number of carbonyl (C=O) groups is 1. The smallest absolute Gasteiger partial charge is 0.243 e. The van der Waals surface area contributed by atoms with Gasteiger partial charge in [0.15, 0.2) is 0 Å². The van der Waals surface area contributed by atoms with E-state index in [9.17, 15) is 13.2 Å². The maximum atomic E-state index is 13.0. The van der Waals surface area contributed by atoms with E-state index < -0.39 is 10.0 Å². The summed E-state index contributed by atoms with van der Waals surface area (Å²) in [6.07, 6.45) is 3.03. The molecule has 132 valence electrons. The molecule has 1 atom stereocenters. The highest BCUT2D eigenvalue weighted by Crippen LogP contribution is 2.42. The first-order chi connectivity index (χ1) is 11.4. The summed E-state index contributed by atoms with van der Waals surface area (Å²) in [5.74, 6) is 0.222. The molecule has 24 heavy (non-hydrogen) atoms. The minimum absolute atomic E-state index is 0.222. The lowest BCUT2D eigenvalue weighted by Gasteiger charge is -2.26. The van der Waals surface area contributed by atoms with Gasteiger partial charge in [-0.05, 0) is 51.2 Å². The monoisotopic (exact) mass is 350 g/mol. The van der Waals surface area contributed by atoms with Crippen molar-refractivity contribution in [3.63, 3.8) is 0 Å². The minimum atomic E-state index is -3.49. The summed E-state index contributed by atoms with van der Waals surface area (Å²) in [5, 5.41) is 0. The van der Waals surface area contributed by atoms with Crippen LogP contribution in [0.2, 0.25) is 0 Å². The van der Waals surface area contributed by atoms with E-state index in [0.29, 0.717) is 24.4 Å². The zero-order valence-corrected chi connectivity index (χ0v) is 15.3. The van der Waals surface area contributed by atoms with E-state index in [1.54, 1.807) is 16.4 Å². The number of amides is 1. The molecule has 2 fully saturated rings. The highest BCUT2D eigenvalue weighted by atomic mass is 32.2. The van der Waals surface area contributed by atoms with Gasteiger partial charge in [0.2, 0.25) is 15.9 Å². The maximum absolute atomic E-state index is 13.0. The van der Waals surface area contributed by atoms with E-state index >= 15 is 0 Å². The van der Waals surface area contributed by atoms with Crippen molar-refractivity contribution in [2.75, 3.05) is 26.2 Å². The number of hydrogen-bond acceptors (Lipinski definition) is 3. The number of likely N-dealkylation sites (tertiary alicyclic amines) is 1. The van der Waals surface area contributed by atoms with Crippen LogP contribution in [0.3, 0.4) is 0 Å². The summed E-state index contributed by atoms with van der Waals surface area (Å²) < 4.78 is 27.6. The van der Waals surface area contributed by atoms with Crippen LogP contribution in [0.15, 0.2) is 29.2 Å². The molecule has 3 rings (SSSR count). The van der Waals surface area contributed by atoms with Gasteiger partial charge in [-0.25, -0.2) is 8.42 Å². The van der Waals surface area contributed by atoms with Crippen LogP contribution < -0.4 is 0 Å². The van der Waals surface area contributed by atoms with Crippen LogP contribution in [0, 0.1) is 12.3 Å². The number of aryl methyl sites for hydroxylation is 1. The lowest BCUT2D eigenvalue weighted by Crippen LogP contribution is -2.36. The summed E-state index contributed by atoms with van der Waals surface area (Å²) in [5.41, 5.74) is 0.428. The Kier molecular flexibility index (Phi) is 4.71. The highest BCUT2D eigenvalue weighted by Gasteiger charge is 2.47. The third kappa shape index (κ3) is 2.86. The SMILES string of the molecule is CCN1CCC2(CCCN(S(=O)(=O)c3ccccc3C)CC2)C1=O. The van der Waals surface area contributed by atoms with Crippen LogP contribution in [0.1, 0.15) is 38.2 Å². The third-order valence-corrected chi connectivity index (χ3v) is 7.66. The van der Waals surface area contributed by atoms with Gasteiger partial charge in [0.25, 0.3) is 0 Å². The second-order valence-electron chi connectivity index (χ2n) is 6.94. The molecule has 0 bridgehead atoms. The normalized spacial score (nSPS) is 26.1. The molecular formula is C18H26N2O3S. The standard InChI is InChI=1S/C18H26N2O3S/c1-3-19-13-10-18(17(19)21)9-6-12-20(14-11-18)24(22,23)16-8-5-4-7-15(16)2/h4-5,7-8H,3,6,9-14H2,1-2H3. The molecule has 1 amide bonds. The van der Waals surface area contributed by atoms with Gasteiger partial charge >= 0.3 is 0 Å². The molecule has 2 heterocycles. The molecule has 0 saturated carbocycles. The molecule has 0 N–H and O–H groups in total. The Labute approximate surface area is 144 Å². The number of sulfonamides is 1. The minimum Gasteiger partial charge on any atom is -0.342 e. The number of benzene rings is 1. The van der Waals surface area contributed by atoms with E-state index in [0.717, 1.165) is 37.9 Å². The van der Waals surface area contributed by atoms with Gasteiger partial charge in [0.05, 0.1) is 10.3 Å². The lowest BCUT2D eigenvalue weighted by molar-refractivity contribution is -0.136. The topological polar surface area (TPSA) is 57.7 Å². The van der Waals surface area contributed by atoms with E-state index in [2.05, 4.69) is 0 Å². The number of hydrogen-bond donors (Lipinski definition) is 0. The summed E-state index contributed by atoms with van der Waals surface area (Å²) in [7, 11) is -3.49. The zero-order chi connectivity index (χ0) is 17.4. The first-order valence-electron chi connectivity index (χ1n) is 8.76. The fraction of sp³-hybridized carbons (Fsp3) is 0.611. The Morgan fingerprint density at radius 3 is 2.46 bits per heavy atom. The molecule has 0 aliphatic carbocycles. The first-order valence-corrected chi connectivity index (χ1v) is 10.2. The Bertz CT molecular complexity index is 732. The van der Waals surface area contributed by atoms with E-state index in [1.165, 1.54) is 0 Å². The molecule has 1 aromatic carbocycles. The number of carbonyl (C=O) groups excluding carboxylic acids is 1. The van der Waals surface area contributed by atoms with Crippen LogP contribution in [0.5, 0.6) is 0 Å². The molecule has 0 radical (unpaired) electrons. The van der Waals surface area contributed by atoms with Crippen molar-refractivity contribution in [1.29, 1.82) is 0 Å². The van der Waals surface area contributed by atoms with E-state index in [4.69, 9.17) is 0 Å². The van der Waals surface area contributed by atoms with Gasteiger partial charge in [-0.15, -0.1) is 0 Å². The molecule has 0 aromatic heterocycles. The Hall–Kier alpha value is -1.40. The molecule has 2 saturated heterocycles. The lowest BCUT2D eigenvalue weighted by atomic mass is 9.79. The van der Waals surface area contributed by atoms with Crippen LogP contribution in [-0.4, -0.2) is 49.7 Å². The molecular weight excluding hydrogens is 324 g/mol. The molecule has 1 unspecified atom stereocenters. The fourth-order valence-electron chi connectivity index (χ4n) is 4.05. The van der Waals surface area contributed by atoms with Gasteiger partial charge in [-0.2, -0.15) is 4.31 Å². The van der Waals surface area contributed by atoms with Gasteiger partial charge in [0, 0.05) is 26.2 Å². The first kappa shape index (κ1) is 17.4. The van der Waals surface area contributed by atoms with Gasteiger partial charge in [-0.3, -0.25) is 4.79 Å². The molecule has 2 aliphatic heterocycles. The predicted octanol–water partition coefficient (Wildman–Crippen LogP) is 2.41. The summed E-state index contributed by atoms with van der Waals surface area (Å²) in [6, 6.07) is 7.11. The van der Waals surface area contributed by atoms with Gasteiger partial charge in [0.1, 0.15) is 0 Å². The van der Waals surface area contributed by atoms with Crippen molar-refractivity contribution >= 4 is 15.9 Å². The van der Waals surface area contributed by atoms with E-state index in [-0.39, 0.29) is 11.3 Å². The van der Waals surface area contributed by atoms with E-state index in [1.807, 2.05) is 30.9 Å². The molecule has 6 heteroatoms. The Balaban J connectivity index is 1.82.